The fourth-order valence-corrected chi connectivity index (χ4v) is 2.27. The van der Waals surface area contributed by atoms with Crippen LogP contribution in [0.25, 0.3) is 16.9 Å². The van der Waals surface area contributed by atoms with Gasteiger partial charge in [-0.05, 0) is 19.1 Å². The van der Waals surface area contributed by atoms with Gasteiger partial charge < -0.3 is 4.74 Å². The number of benzene rings is 1. The number of imidazole rings is 1. The number of hydrogen-bond donors (Lipinski definition) is 0. The number of halogens is 1. The van der Waals surface area contributed by atoms with Crippen LogP contribution in [0, 0.1) is 6.92 Å². The number of ether oxygens (including phenoxy) is 1. The first-order valence-corrected chi connectivity index (χ1v) is 6.08. The molecule has 0 bridgehead atoms. The zero-order chi connectivity index (χ0) is 13.4. The number of rotatable bonds is 2. The monoisotopic (exact) mass is 274 g/mol. The van der Waals surface area contributed by atoms with E-state index in [0.717, 1.165) is 17.3 Å². The summed E-state index contributed by atoms with van der Waals surface area (Å²) in [6.07, 6.45) is 1.41. The maximum absolute atomic E-state index is 6.16. The van der Waals surface area contributed by atoms with Crippen LogP contribution in [-0.4, -0.2) is 26.6 Å². The minimum Gasteiger partial charge on any atom is -0.497 e. The van der Waals surface area contributed by atoms with Gasteiger partial charge in [-0.3, -0.25) is 4.57 Å². The molecule has 0 amide bonds. The normalized spacial score (nSPS) is 10.9. The Morgan fingerprint density at radius 1 is 1.26 bits per heavy atom. The minimum absolute atomic E-state index is 0.383. The van der Waals surface area contributed by atoms with Gasteiger partial charge in [0.1, 0.15) is 23.4 Å². The van der Waals surface area contributed by atoms with E-state index in [2.05, 4.69) is 15.0 Å². The van der Waals surface area contributed by atoms with Gasteiger partial charge in [0.25, 0.3) is 0 Å². The Bertz CT molecular complexity index is 753. The zero-order valence-corrected chi connectivity index (χ0v) is 11.2. The second kappa shape index (κ2) is 4.51. The molecule has 96 valence electrons. The highest BCUT2D eigenvalue weighted by Gasteiger charge is 2.14. The van der Waals surface area contributed by atoms with Gasteiger partial charge in [-0.15, -0.1) is 0 Å². The second-order valence-electron chi connectivity index (χ2n) is 4.03. The third-order valence-corrected chi connectivity index (χ3v) is 3.16. The Hall–Kier alpha value is -2.14. The van der Waals surface area contributed by atoms with Crippen molar-refractivity contribution in [3.63, 3.8) is 0 Å². The Morgan fingerprint density at radius 2 is 2.11 bits per heavy atom. The first-order chi connectivity index (χ1) is 9.20. The van der Waals surface area contributed by atoms with Gasteiger partial charge in [-0.2, -0.15) is 0 Å². The van der Waals surface area contributed by atoms with Crippen molar-refractivity contribution in [3.8, 4) is 11.4 Å². The van der Waals surface area contributed by atoms with Crippen molar-refractivity contribution >= 4 is 22.8 Å². The lowest BCUT2D eigenvalue weighted by Crippen LogP contribution is -1.98. The van der Waals surface area contributed by atoms with Crippen molar-refractivity contribution in [1.29, 1.82) is 0 Å². The van der Waals surface area contributed by atoms with Crippen molar-refractivity contribution in [2.45, 2.75) is 6.92 Å². The maximum atomic E-state index is 6.16. The number of fused-ring (bicyclic) bond motifs is 1. The van der Waals surface area contributed by atoms with E-state index in [4.69, 9.17) is 16.3 Å². The highest BCUT2D eigenvalue weighted by molar-refractivity contribution is 6.33. The fraction of sp³-hybridized carbons (Fsp3) is 0.154. The lowest BCUT2D eigenvalue weighted by atomic mass is 10.3. The summed E-state index contributed by atoms with van der Waals surface area (Å²) in [7, 11) is 1.63. The van der Waals surface area contributed by atoms with Gasteiger partial charge in [0.05, 0.1) is 12.8 Å². The summed E-state index contributed by atoms with van der Waals surface area (Å²) >= 11 is 6.16. The molecule has 0 aliphatic heterocycles. The van der Waals surface area contributed by atoms with Crippen LogP contribution in [0.3, 0.4) is 0 Å². The van der Waals surface area contributed by atoms with Gasteiger partial charge in [-0.25, -0.2) is 15.0 Å². The molecule has 0 aliphatic rings. The SMILES string of the molecule is COc1cccc(-n2c(C)nc3ncnc(Cl)c32)c1. The Labute approximate surface area is 114 Å². The lowest BCUT2D eigenvalue weighted by Gasteiger charge is -2.08. The standard InChI is InChI=1S/C13H11ClN4O/c1-8-17-13-11(12(14)15-7-16-13)18(8)9-4-3-5-10(6-9)19-2/h3-7H,1-2H3. The van der Waals surface area contributed by atoms with E-state index >= 15 is 0 Å². The van der Waals surface area contributed by atoms with Gasteiger partial charge in [0.2, 0.25) is 0 Å². The summed E-state index contributed by atoms with van der Waals surface area (Å²) in [6.45, 7) is 1.90. The topological polar surface area (TPSA) is 52.8 Å². The first-order valence-electron chi connectivity index (χ1n) is 5.70. The van der Waals surface area contributed by atoms with Gasteiger partial charge in [0.15, 0.2) is 10.8 Å². The van der Waals surface area contributed by atoms with E-state index < -0.39 is 0 Å². The molecule has 3 aromatic rings. The summed E-state index contributed by atoms with van der Waals surface area (Å²) in [4.78, 5) is 12.5. The maximum Gasteiger partial charge on any atom is 0.182 e. The van der Waals surface area contributed by atoms with Gasteiger partial charge in [-0.1, -0.05) is 17.7 Å². The molecular weight excluding hydrogens is 264 g/mol. The van der Waals surface area contributed by atoms with Crippen LogP contribution in [0.1, 0.15) is 5.82 Å². The Balaban J connectivity index is 2.32. The molecule has 0 unspecified atom stereocenters. The summed E-state index contributed by atoms with van der Waals surface area (Å²) in [5.41, 5.74) is 2.20. The second-order valence-corrected chi connectivity index (χ2v) is 4.39. The highest BCUT2D eigenvalue weighted by Crippen LogP contribution is 2.26. The zero-order valence-electron chi connectivity index (χ0n) is 10.5. The highest BCUT2D eigenvalue weighted by atomic mass is 35.5. The predicted octanol–water partition coefficient (Wildman–Crippen LogP) is 2.79. The van der Waals surface area contributed by atoms with E-state index in [1.165, 1.54) is 6.33 Å². The fourth-order valence-electron chi connectivity index (χ4n) is 2.05. The molecule has 0 saturated heterocycles. The molecule has 0 atom stereocenters. The average molecular weight is 275 g/mol. The summed E-state index contributed by atoms with van der Waals surface area (Å²) in [5, 5.41) is 0.383. The quantitative estimate of drug-likeness (QED) is 0.674. The lowest BCUT2D eigenvalue weighted by molar-refractivity contribution is 0.414. The number of methoxy groups -OCH3 is 1. The molecule has 0 aliphatic carbocycles. The Kier molecular flexibility index (Phi) is 2.83. The minimum atomic E-state index is 0.383. The molecule has 0 spiro atoms. The molecule has 2 heterocycles. The van der Waals surface area contributed by atoms with Crippen LogP contribution in [0.4, 0.5) is 0 Å². The van der Waals surface area contributed by atoms with E-state index in [-0.39, 0.29) is 0 Å². The van der Waals surface area contributed by atoms with Crippen molar-refractivity contribution in [2.75, 3.05) is 7.11 Å². The van der Waals surface area contributed by atoms with E-state index in [1.54, 1.807) is 7.11 Å². The first kappa shape index (κ1) is 11.9. The van der Waals surface area contributed by atoms with Crippen LogP contribution in [0.2, 0.25) is 5.15 Å². The molecule has 0 radical (unpaired) electrons. The van der Waals surface area contributed by atoms with Crippen molar-refractivity contribution in [2.24, 2.45) is 0 Å². The molecule has 2 aromatic heterocycles. The Morgan fingerprint density at radius 3 is 2.89 bits per heavy atom. The third-order valence-electron chi connectivity index (χ3n) is 2.88. The van der Waals surface area contributed by atoms with E-state index in [1.807, 2.05) is 35.8 Å². The summed E-state index contributed by atoms with van der Waals surface area (Å²) in [6, 6.07) is 7.67. The van der Waals surface area contributed by atoms with Crippen molar-refractivity contribution in [1.82, 2.24) is 19.5 Å². The number of nitrogens with zero attached hydrogens (tertiary/aromatic N) is 4. The van der Waals surface area contributed by atoms with Crippen LogP contribution >= 0.6 is 11.6 Å². The molecule has 19 heavy (non-hydrogen) atoms. The average Bonchev–Trinajstić information content (AvgIpc) is 2.76. The number of aromatic nitrogens is 4. The number of hydrogen-bond acceptors (Lipinski definition) is 4. The van der Waals surface area contributed by atoms with Crippen molar-refractivity contribution in [3.05, 3.63) is 41.6 Å². The molecule has 6 heteroatoms. The molecule has 0 saturated carbocycles. The predicted molar refractivity (Wildman–Crippen MR) is 73.0 cm³/mol. The molecule has 0 N–H and O–H groups in total. The van der Waals surface area contributed by atoms with Crippen molar-refractivity contribution < 1.29 is 4.74 Å². The largest absolute Gasteiger partial charge is 0.497 e. The van der Waals surface area contributed by atoms with Crippen LogP contribution < -0.4 is 4.74 Å². The summed E-state index contributed by atoms with van der Waals surface area (Å²) < 4.78 is 7.15. The molecule has 0 fully saturated rings. The van der Waals surface area contributed by atoms with Crippen LogP contribution in [0.15, 0.2) is 30.6 Å². The summed E-state index contributed by atoms with van der Waals surface area (Å²) in [5.74, 6) is 1.57. The molecule has 1 aromatic carbocycles. The number of aryl methyl sites for hydroxylation is 1. The van der Waals surface area contributed by atoms with Gasteiger partial charge in [0, 0.05) is 6.07 Å². The molecule has 5 nitrogen and oxygen atoms in total. The van der Waals surface area contributed by atoms with Gasteiger partial charge >= 0.3 is 0 Å². The van der Waals surface area contributed by atoms with Crippen LogP contribution in [-0.2, 0) is 0 Å². The van der Waals surface area contributed by atoms with E-state index in [9.17, 15) is 0 Å². The molecule has 3 rings (SSSR count). The van der Waals surface area contributed by atoms with E-state index in [0.29, 0.717) is 16.3 Å². The molecular formula is C13H11ClN4O. The third kappa shape index (κ3) is 1.92. The smallest absolute Gasteiger partial charge is 0.182 e. The van der Waals surface area contributed by atoms with Crippen LogP contribution in [0.5, 0.6) is 5.75 Å².